The summed E-state index contributed by atoms with van der Waals surface area (Å²) in [5.74, 6) is -0.452. The summed E-state index contributed by atoms with van der Waals surface area (Å²) in [6.45, 7) is 6.95. The lowest BCUT2D eigenvalue weighted by Gasteiger charge is -2.29. The number of nitrogens with zero attached hydrogens (tertiary/aromatic N) is 1. The van der Waals surface area contributed by atoms with Crippen molar-refractivity contribution >= 4 is 11.9 Å². The molecule has 16 heavy (non-hydrogen) atoms. The Hall–Kier alpha value is -1.06. The molecule has 0 aromatic carbocycles. The number of carboxylic acids is 1. The van der Waals surface area contributed by atoms with Gasteiger partial charge in [-0.05, 0) is 24.2 Å². The Labute approximate surface area is 96.6 Å². The fraction of sp³-hybridized carbons (Fsp3) is 0.833. The summed E-state index contributed by atoms with van der Waals surface area (Å²) in [5, 5.41) is 8.71. The van der Waals surface area contributed by atoms with E-state index in [2.05, 4.69) is 20.8 Å². The first-order chi connectivity index (χ1) is 7.30. The predicted molar refractivity (Wildman–Crippen MR) is 61.0 cm³/mol. The molecule has 0 aromatic heterocycles. The van der Waals surface area contributed by atoms with Crippen LogP contribution < -0.4 is 0 Å². The summed E-state index contributed by atoms with van der Waals surface area (Å²) in [6.07, 6.45) is 2.26. The number of carboxylic acid groups (broad SMARTS) is 1. The highest BCUT2D eigenvalue weighted by Crippen LogP contribution is 2.34. The number of carbonyl (C=O) groups is 2. The average molecular weight is 227 g/mol. The lowest BCUT2D eigenvalue weighted by atomic mass is 9.77. The van der Waals surface area contributed by atoms with Gasteiger partial charge < -0.3 is 10.0 Å². The zero-order valence-corrected chi connectivity index (χ0v) is 10.3. The summed E-state index contributed by atoms with van der Waals surface area (Å²) in [5.41, 5.74) is 0.194. The molecule has 4 heteroatoms. The highest BCUT2D eigenvalue weighted by atomic mass is 16.4. The molecule has 1 aliphatic heterocycles. The Morgan fingerprint density at radius 3 is 2.56 bits per heavy atom. The second-order valence-electron chi connectivity index (χ2n) is 5.60. The number of carbonyl (C=O) groups excluding carboxylic acids is 1. The first kappa shape index (κ1) is 13.0. The molecule has 1 N–H and O–H groups in total. The first-order valence-electron chi connectivity index (χ1n) is 5.80. The molecule has 0 aliphatic carbocycles. The van der Waals surface area contributed by atoms with Crippen molar-refractivity contribution in [1.29, 1.82) is 0 Å². The zero-order chi connectivity index (χ0) is 12.3. The van der Waals surface area contributed by atoms with Crippen molar-refractivity contribution in [2.24, 2.45) is 11.3 Å². The summed E-state index contributed by atoms with van der Waals surface area (Å²) in [6, 6.07) is 0. The van der Waals surface area contributed by atoms with Crippen LogP contribution in [0.4, 0.5) is 0 Å². The van der Waals surface area contributed by atoms with Crippen molar-refractivity contribution in [3.63, 3.8) is 0 Å². The van der Waals surface area contributed by atoms with Crippen LogP contribution >= 0.6 is 0 Å². The number of likely N-dealkylation sites (tertiary alicyclic amines) is 1. The number of amides is 1. The highest BCUT2D eigenvalue weighted by molar-refractivity contribution is 5.81. The van der Waals surface area contributed by atoms with Crippen LogP contribution in [0.5, 0.6) is 0 Å². The van der Waals surface area contributed by atoms with Gasteiger partial charge in [-0.25, -0.2) is 0 Å². The lowest BCUT2D eigenvalue weighted by Crippen LogP contribution is -2.35. The van der Waals surface area contributed by atoms with Crippen LogP contribution in [-0.2, 0) is 9.59 Å². The van der Waals surface area contributed by atoms with Gasteiger partial charge in [0.1, 0.15) is 6.54 Å². The van der Waals surface area contributed by atoms with Crippen LogP contribution in [0.3, 0.4) is 0 Å². The molecule has 0 bridgehead atoms. The van der Waals surface area contributed by atoms with Crippen molar-refractivity contribution in [2.75, 3.05) is 13.1 Å². The minimum atomic E-state index is -0.928. The standard InChI is InChI=1S/C12H21NO3/c1-12(2,3)9-4-5-10(14)13(7-6-9)8-11(15)16/h9H,4-8H2,1-3H3,(H,15,16). The number of aliphatic carboxylic acids is 1. The van der Waals surface area contributed by atoms with Gasteiger partial charge in [0.2, 0.25) is 5.91 Å². The van der Waals surface area contributed by atoms with E-state index in [1.807, 2.05) is 0 Å². The van der Waals surface area contributed by atoms with Gasteiger partial charge in [-0.2, -0.15) is 0 Å². The van der Waals surface area contributed by atoms with Gasteiger partial charge in [-0.15, -0.1) is 0 Å². The normalized spacial score (nSPS) is 23.1. The maximum absolute atomic E-state index is 11.7. The highest BCUT2D eigenvalue weighted by Gasteiger charge is 2.30. The monoisotopic (exact) mass is 227 g/mol. The summed E-state index contributed by atoms with van der Waals surface area (Å²) in [4.78, 5) is 23.8. The molecule has 1 fully saturated rings. The SMILES string of the molecule is CC(C)(C)C1CCC(=O)N(CC(=O)O)CC1. The van der Waals surface area contributed by atoms with Crippen LogP contribution in [0.2, 0.25) is 0 Å². The van der Waals surface area contributed by atoms with Crippen LogP contribution in [0, 0.1) is 11.3 Å². The van der Waals surface area contributed by atoms with Gasteiger partial charge in [0, 0.05) is 13.0 Å². The lowest BCUT2D eigenvalue weighted by molar-refractivity contribution is -0.144. The fourth-order valence-corrected chi connectivity index (χ4v) is 2.23. The largest absolute Gasteiger partial charge is 0.480 e. The van der Waals surface area contributed by atoms with Crippen molar-refractivity contribution < 1.29 is 14.7 Å². The Morgan fingerprint density at radius 2 is 2.06 bits per heavy atom. The van der Waals surface area contributed by atoms with E-state index in [-0.39, 0.29) is 17.9 Å². The van der Waals surface area contributed by atoms with E-state index >= 15 is 0 Å². The Balaban J connectivity index is 2.62. The van der Waals surface area contributed by atoms with Gasteiger partial charge >= 0.3 is 5.97 Å². The van der Waals surface area contributed by atoms with E-state index in [9.17, 15) is 9.59 Å². The number of rotatable bonds is 2. The molecule has 0 spiro atoms. The first-order valence-corrected chi connectivity index (χ1v) is 5.80. The molecule has 1 heterocycles. The van der Waals surface area contributed by atoms with Crippen LogP contribution in [0.25, 0.3) is 0 Å². The van der Waals surface area contributed by atoms with Gasteiger partial charge in [0.05, 0.1) is 0 Å². The molecular formula is C12H21NO3. The molecule has 92 valence electrons. The van der Waals surface area contributed by atoms with E-state index in [1.54, 1.807) is 0 Å². The van der Waals surface area contributed by atoms with E-state index in [1.165, 1.54) is 4.90 Å². The predicted octanol–water partition coefficient (Wildman–Crippen LogP) is 1.75. The maximum atomic E-state index is 11.7. The minimum Gasteiger partial charge on any atom is -0.480 e. The third-order valence-electron chi connectivity index (χ3n) is 3.36. The molecule has 1 unspecified atom stereocenters. The van der Waals surface area contributed by atoms with Crippen LogP contribution in [0.15, 0.2) is 0 Å². The van der Waals surface area contributed by atoms with E-state index in [0.717, 1.165) is 12.8 Å². The molecule has 1 amide bonds. The Morgan fingerprint density at radius 1 is 1.44 bits per heavy atom. The second-order valence-corrected chi connectivity index (χ2v) is 5.60. The summed E-state index contributed by atoms with van der Waals surface area (Å²) >= 11 is 0. The molecule has 4 nitrogen and oxygen atoms in total. The van der Waals surface area contributed by atoms with Crippen molar-refractivity contribution in [2.45, 2.75) is 40.0 Å². The minimum absolute atomic E-state index is 0.0193. The third kappa shape index (κ3) is 3.51. The maximum Gasteiger partial charge on any atom is 0.323 e. The Kier molecular flexibility index (Phi) is 3.94. The molecule has 0 radical (unpaired) electrons. The van der Waals surface area contributed by atoms with Gasteiger partial charge in [0.25, 0.3) is 0 Å². The molecule has 0 saturated carbocycles. The summed E-state index contributed by atoms with van der Waals surface area (Å²) < 4.78 is 0. The fourth-order valence-electron chi connectivity index (χ4n) is 2.23. The Bertz CT molecular complexity index is 280. The number of hydrogen-bond acceptors (Lipinski definition) is 2. The van der Waals surface area contributed by atoms with Crippen molar-refractivity contribution in [1.82, 2.24) is 4.90 Å². The van der Waals surface area contributed by atoms with E-state index in [4.69, 9.17) is 5.11 Å². The van der Waals surface area contributed by atoms with Gasteiger partial charge in [0.15, 0.2) is 0 Å². The molecule has 0 aromatic rings. The van der Waals surface area contributed by atoms with Gasteiger partial charge in [-0.3, -0.25) is 9.59 Å². The quantitative estimate of drug-likeness (QED) is 0.781. The zero-order valence-electron chi connectivity index (χ0n) is 10.3. The second kappa shape index (κ2) is 4.85. The number of hydrogen-bond donors (Lipinski definition) is 1. The van der Waals surface area contributed by atoms with Crippen molar-refractivity contribution in [3.8, 4) is 0 Å². The molecule has 1 saturated heterocycles. The topological polar surface area (TPSA) is 57.6 Å². The smallest absolute Gasteiger partial charge is 0.323 e. The molecule has 1 atom stereocenters. The van der Waals surface area contributed by atoms with Crippen molar-refractivity contribution in [3.05, 3.63) is 0 Å². The molecule has 1 aliphatic rings. The molecular weight excluding hydrogens is 206 g/mol. The van der Waals surface area contributed by atoms with Gasteiger partial charge in [-0.1, -0.05) is 20.8 Å². The van der Waals surface area contributed by atoms with E-state index < -0.39 is 5.97 Å². The summed E-state index contributed by atoms with van der Waals surface area (Å²) in [7, 11) is 0. The third-order valence-corrected chi connectivity index (χ3v) is 3.36. The molecule has 1 rings (SSSR count). The van der Waals surface area contributed by atoms with E-state index in [0.29, 0.717) is 18.9 Å². The van der Waals surface area contributed by atoms with Crippen LogP contribution in [0.1, 0.15) is 40.0 Å². The average Bonchev–Trinajstić information content (AvgIpc) is 2.28. The van der Waals surface area contributed by atoms with Crippen LogP contribution in [-0.4, -0.2) is 35.0 Å².